The van der Waals surface area contributed by atoms with Gasteiger partial charge in [-0.1, -0.05) is 19.3 Å². The summed E-state index contributed by atoms with van der Waals surface area (Å²) in [5.74, 6) is 0. The molecule has 0 amide bonds. The van der Waals surface area contributed by atoms with Crippen LogP contribution in [0.15, 0.2) is 0 Å². The number of hydrogen-bond acceptors (Lipinski definition) is 2. The van der Waals surface area contributed by atoms with Gasteiger partial charge in [0.1, 0.15) is 0 Å². The fourth-order valence-electron chi connectivity index (χ4n) is 2.39. The molecule has 2 nitrogen and oxygen atoms in total. The molecule has 1 N–H and O–H groups in total. The van der Waals surface area contributed by atoms with Gasteiger partial charge in [-0.25, -0.2) is 0 Å². The second-order valence-electron chi connectivity index (χ2n) is 5.24. The third kappa shape index (κ3) is 2.05. The molecule has 13 heavy (non-hydrogen) atoms. The van der Waals surface area contributed by atoms with E-state index >= 15 is 0 Å². The summed E-state index contributed by atoms with van der Waals surface area (Å²) in [5.41, 5.74) is 0.385. The van der Waals surface area contributed by atoms with Gasteiger partial charge in [-0.3, -0.25) is 0 Å². The minimum absolute atomic E-state index is 0.0443. The molecule has 0 radical (unpaired) electrons. The smallest absolute Gasteiger partial charge is 0.0751 e. The molecule has 76 valence electrons. The van der Waals surface area contributed by atoms with Crippen LogP contribution in [-0.4, -0.2) is 24.3 Å². The van der Waals surface area contributed by atoms with Crippen LogP contribution >= 0.6 is 0 Å². The first kappa shape index (κ1) is 9.47. The lowest BCUT2D eigenvalue weighted by Crippen LogP contribution is -2.60. The van der Waals surface area contributed by atoms with Crippen LogP contribution in [0.5, 0.6) is 0 Å². The van der Waals surface area contributed by atoms with Crippen LogP contribution in [0.4, 0.5) is 0 Å². The zero-order valence-corrected chi connectivity index (χ0v) is 8.86. The highest BCUT2D eigenvalue weighted by atomic mass is 16.5. The maximum Gasteiger partial charge on any atom is 0.0751 e. The zero-order valence-electron chi connectivity index (χ0n) is 8.86. The maximum atomic E-state index is 5.90. The lowest BCUT2D eigenvalue weighted by molar-refractivity contribution is -0.0955. The Bertz CT molecular complexity index is 171. The first-order valence-electron chi connectivity index (χ1n) is 5.51. The van der Waals surface area contributed by atoms with Gasteiger partial charge in [-0.2, -0.15) is 0 Å². The third-order valence-corrected chi connectivity index (χ3v) is 3.44. The maximum absolute atomic E-state index is 5.90. The van der Waals surface area contributed by atoms with Crippen LogP contribution in [0.2, 0.25) is 0 Å². The molecular weight excluding hydrogens is 162 g/mol. The molecule has 1 aliphatic carbocycles. The molecule has 0 unspecified atom stereocenters. The van der Waals surface area contributed by atoms with E-state index in [1.54, 1.807) is 0 Å². The first-order valence-corrected chi connectivity index (χ1v) is 5.51. The van der Waals surface area contributed by atoms with Crippen molar-refractivity contribution in [2.45, 2.75) is 57.1 Å². The van der Waals surface area contributed by atoms with E-state index in [0.29, 0.717) is 5.54 Å². The van der Waals surface area contributed by atoms with E-state index in [-0.39, 0.29) is 5.60 Å². The van der Waals surface area contributed by atoms with Crippen molar-refractivity contribution in [1.82, 2.24) is 5.32 Å². The van der Waals surface area contributed by atoms with Crippen LogP contribution in [0.1, 0.15) is 46.0 Å². The largest absolute Gasteiger partial charge is 0.372 e. The molecule has 0 aromatic rings. The number of nitrogens with one attached hydrogen (secondary N) is 1. The Hall–Kier alpha value is -0.0800. The molecule has 2 aliphatic rings. The summed E-state index contributed by atoms with van der Waals surface area (Å²) < 4.78 is 5.90. The van der Waals surface area contributed by atoms with Crippen LogP contribution < -0.4 is 5.32 Å². The van der Waals surface area contributed by atoms with Gasteiger partial charge in [0.15, 0.2) is 0 Å². The van der Waals surface area contributed by atoms with E-state index < -0.39 is 0 Å². The van der Waals surface area contributed by atoms with E-state index in [9.17, 15) is 0 Å². The molecule has 0 atom stereocenters. The van der Waals surface area contributed by atoms with Crippen molar-refractivity contribution in [2.75, 3.05) is 13.2 Å². The molecule has 1 saturated carbocycles. The molecule has 0 bridgehead atoms. The quantitative estimate of drug-likeness (QED) is 0.621. The molecule has 2 rings (SSSR count). The van der Waals surface area contributed by atoms with Gasteiger partial charge in [0, 0.05) is 12.1 Å². The van der Waals surface area contributed by atoms with Gasteiger partial charge >= 0.3 is 0 Å². The van der Waals surface area contributed by atoms with E-state index in [1.165, 1.54) is 32.1 Å². The number of rotatable bonds is 0. The summed E-state index contributed by atoms with van der Waals surface area (Å²) in [4.78, 5) is 0. The van der Waals surface area contributed by atoms with Gasteiger partial charge in [0.05, 0.1) is 12.2 Å². The summed E-state index contributed by atoms with van der Waals surface area (Å²) >= 11 is 0. The van der Waals surface area contributed by atoms with Crippen molar-refractivity contribution in [3.63, 3.8) is 0 Å². The minimum Gasteiger partial charge on any atom is -0.372 e. The minimum atomic E-state index is 0.0443. The summed E-state index contributed by atoms with van der Waals surface area (Å²) in [5, 5.41) is 3.70. The van der Waals surface area contributed by atoms with Gasteiger partial charge < -0.3 is 10.1 Å². The summed E-state index contributed by atoms with van der Waals surface area (Å²) in [6.45, 7) is 6.25. The normalized spacial score (nSPS) is 31.8. The lowest BCUT2D eigenvalue weighted by Gasteiger charge is -2.46. The fraction of sp³-hybridized carbons (Fsp3) is 1.00. The molecule has 1 aliphatic heterocycles. The molecule has 2 heteroatoms. The van der Waals surface area contributed by atoms with E-state index in [0.717, 1.165) is 13.2 Å². The Kier molecular flexibility index (Phi) is 2.37. The Morgan fingerprint density at radius 1 is 1.08 bits per heavy atom. The molecular formula is C11H21NO. The molecule has 0 aromatic carbocycles. The van der Waals surface area contributed by atoms with Crippen molar-refractivity contribution in [3.8, 4) is 0 Å². The topological polar surface area (TPSA) is 21.3 Å². The Morgan fingerprint density at radius 3 is 2.31 bits per heavy atom. The van der Waals surface area contributed by atoms with Gasteiger partial charge in [0.25, 0.3) is 0 Å². The standard InChI is InChI=1S/C11H21NO/c1-10(2)8-12-11(9-13-10)6-4-3-5-7-11/h12H,3-9H2,1-2H3. The van der Waals surface area contributed by atoms with Crippen molar-refractivity contribution in [2.24, 2.45) is 0 Å². The molecule has 0 aromatic heterocycles. The SMILES string of the molecule is CC1(C)CNC2(CCCCC2)CO1. The fourth-order valence-corrected chi connectivity index (χ4v) is 2.39. The first-order chi connectivity index (χ1) is 6.12. The van der Waals surface area contributed by atoms with Crippen molar-refractivity contribution in [1.29, 1.82) is 0 Å². The van der Waals surface area contributed by atoms with Gasteiger partial charge in [-0.05, 0) is 26.7 Å². The Balaban J connectivity index is 1.95. The van der Waals surface area contributed by atoms with E-state index in [2.05, 4.69) is 19.2 Å². The van der Waals surface area contributed by atoms with Gasteiger partial charge in [0.2, 0.25) is 0 Å². The van der Waals surface area contributed by atoms with Crippen molar-refractivity contribution in [3.05, 3.63) is 0 Å². The highest BCUT2D eigenvalue weighted by Crippen LogP contribution is 2.32. The second-order valence-corrected chi connectivity index (χ2v) is 5.24. The summed E-state index contributed by atoms with van der Waals surface area (Å²) in [7, 11) is 0. The molecule has 2 fully saturated rings. The Labute approximate surface area is 81.0 Å². The number of morpholine rings is 1. The van der Waals surface area contributed by atoms with E-state index in [1.807, 2.05) is 0 Å². The zero-order chi connectivity index (χ0) is 9.36. The molecule has 1 spiro atoms. The summed E-state index contributed by atoms with van der Waals surface area (Å²) in [6.07, 6.45) is 6.77. The van der Waals surface area contributed by atoms with Crippen LogP contribution in [0.3, 0.4) is 0 Å². The number of ether oxygens (including phenoxy) is 1. The van der Waals surface area contributed by atoms with Crippen molar-refractivity contribution < 1.29 is 4.74 Å². The van der Waals surface area contributed by atoms with Crippen LogP contribution in [0.25, 0.3) is 0 Å². The number of hydrogen-bond donors (Lipinski definition) is 1. The average Bonchev–Trinajstić information content (AvgIpc) is 2.13. The highest BCUT2D eigenvalue weighted by Gasteiger charge is 2.39. The van der Waals surface area contributed by atoms with Gasteiger partial charge in [-0.15, -0.1) is 0 Å². The molecule has 1 saturated heterocycles. The van der Waals surface area contributed by atoms with Crippen LogP contribution in [-0.2, 0) is 4.74 Å². The predicted octanol–water partition coefficient (Wildman–Crippen LogP) is 2.09. The van der Waals surface area contributed by atoms with Crippen LogP contribution in [0, 0.1) is 0 Å². The van der Waals surface area contributed by atoms with Crippen molar-refractivity contribution >= 4 is 0 Å². The third-order valence-electron chi connectivity index (χ3n) is 3.44. The highest BCUT2D eigenvalue weighted by molar-refractivity contribution is 4.96. The van der Waals surface area contributed by atoms with E-state index in [4.69, 9.17) is 4.74 Å². The lowest BCUT2D eigenvalue weighted by atomic mass is 9.80. The average molecular weight is 183 g/mol. The predicted molar refractivity (Wildman–Crippen MR) is 53.8 cm³/mol. The Morgan fingerprint density at radius 2 is 1.77 bits per heavy atom. The monoisotopic (exact) mass is 183 g/mol. The molecule has 1 heterocycles. The summed E-state index contributed by atoms with van der Waals surface area (Å²) in [6, 6.07) is 0. The second kappa shape index (κ2) is 3.25.